The third kappa shape index (κ3) is 2.65. The molecule has 5 heteroatoms. The van der Waals surface area contributed by atoms with Crippen LogP contribution < -0.4 is 9.64 Å². The van der Waals surface area contributed by atoms with E-state index in [0.29, 0.717) is 17.1 Å². The molecule has 3 aromatic rings. The molecule has 122 valence electrons. The maximum atomic E-state index is 12.4. The van der Waals surface area contributed by atoms with Gasteiger partial charge in [0.1, 0.15) is 5.75 Å². The zero-order valence-corrected chi connectivity index (χ0v) is 13.8. The van der Waals surface area contributed by atoms with E-state index in [9.17, 15) is 9.59 Å². The predicted octanol–water partition coefficient (Wildman–Crippen LogP) is 3.99. The van der Waals surface area contributed by atoms with Gasteiger partial charge in [0.2, 0.25) is 11.8 Å². The minimum Gasteiger partial charge on any atom is -0.497 e. The van der Waals surface area contributed by atoms with Crippen LogP contribution in [0, 0.1) is 0 Å². The molecule has 0 aliphatic carbocycles. The van der Waals surface area contributed by atoms with E-state index in [2.05, 4.69) is 0 Å². The third-order valence-electron chi connectivity index (χ3n) is 3.90. The number of amides is 1. The Balaban J connectivity index is 2.25. The van der Waals surface area contributed by atoms with Crippen LogP contribution in [0.5, 0.6) is 5.75 Å². The Morgan fingerprint density at radius 2 is 1.79 bits per heavy atom. The fourth-order valence-electron chi connectivity index (χ4n) is 2.84. The lowest BCUT2D eigenvalue weighted by Gasteiger charge is -2.21. The molecule has 1 aromatic heterocycles. The van der Waals surface area contributed by atoms with Gasteiger partial charge in [0.05, 0.1) is 24.0 Å². The summed E-state index contributed by atoms with van der Waals surface area (Å²) in [6, 6.07) is 14.8. The molecule has 24 heavy (non-hydrogen) atoms. The van der Waals surface area contributed by atoms with Crippen LogP contribution in [0.15, 0.2) is 54.7 Å². The van der Waals surface area contributed by atoms with Crippen LogP contribution in [-0.4, -0.2) is 23.5 Å². The normalized spacial score (nSPS) is 10.6. The van der Waals surface area contributed by atoms with Crippen LogP contribution in [-0.2, 0) is 4.79 Å². The number of aromatic nitrogens is 1. The highest BCUT2D eigenvalue weighted by molar-refractivity contribution is 6.09. The Labute approximate surface area is 140 Å². The lowest BCUT2D eigenvalue weighted by Crippen LogP contribution is -2.22. The van der Waals surface area contributed by atoms with Gasteiger partial charge in [-0.05, 0) is 18.2 Å². The van der Waals surface area contributed by atoms with Crippen molar-refractivity contribution in [2.45, 2.75) is 13.8 Å². The van der Waals surface area contributed by atoms with Crippen LogP contribution >= 0.6 is 0 Å². The first-order chi connectivity index (χ1) is 11.5. The average molecular weight is 322 g/mol. The van der Waals surface area contributed by atoms with Crippen molar-refractivity contribution in [3.05, 3.63) is 54.7 Å². The molecule has 0 fully saturated rings. The molecule has 0 atom stereocenters. The first-order valence-corrected chi connectivity index (χ1v) is 7.58. The van der Waals surface area contributed by atoms with Crippen molar-refractivity contribution in [2.24, 2.45) is 0 Å². The van der Waals surface area contributed by atoms with Gasteiger partial charge >= 0.3 is 0 Å². The van der Waals surface area contributed by atoms with Crippen LogP contribution in [0.1, 0.15) is 18.6 Å². The topological polar surface area (TPSA) is 51.5 Å². The summed E-state index contributed by atoms with van der Waals surface area (Å²) in [5.41, 5.74) is 2.13. The van der Waals surface area contributed by atoms with E-state index in [1.807, 2.05) is 42.5 Å². The molecule has 2 aromatic carbocycles. The molecule has 0 radical (unpaired) electrons. The quantitative estimate of drug-likeness (QED) is 0.732. The number of benzene rings is 2. The number of carbonyl (C=O) groups excluding carboxylic acids is 2. The number of anilines is 2. The molecule has 3 rings (SSSR count). The van der Waals surface area contributed by atoms with Crippen molar-refractivity contribution in [3.63, 3.8) is 0 Å². The Morgan fingerprint density at radius 1 is 1.04 bits per heavy atom. The number of hydrogen-bond donors (Lipinski definition) is 0. The minimum absolute atomic E-state index is 0.105. The molecule has 0 aliphatic rings. The van der Waals surface area contributed by atoms with E-state index in [1.54, 1.807) is 28.8 Å². The SMILES string of the molecule is COc1cccc(N(C(C)=O)c2cn(C(C)=O)c3ccccc23)c1. The van der Waals surface area contributed by atoms with Crippen molar-refractivity contribution in [3.8, 4) is 5.75 Å². The lowest BCUT2D eigenvalue weighted by molar-refractivity contribution is -0.115. The number of carbonyl (C=O) groups is 2. The molecular formula is C19H18N2O3. The standard InChI is InChI=1S/C19H18N2O3/c1-13(22)20-12-19(17-9-4-5-10-18(17)20)21(14(2)23)15-7-6-8-16(11-15)24-3/h4-12H,1-3H3. The number of methoxy groups -OCH3 is 1. The van der Waals surface area contributed by atoms with Gasteiger partial charge in [-0.2, -0.15) is 0 Å². The summed E-state index contributed by atoms with van der Waals surface area (Å²) in [6.45, 7) is 3.00. The first kappa shape index (κ1) is 15.8. The second-order valence-corrected chi connectivity index (χ2v) is 5.48. The lowest BCUT2D eigenvalue weighted by atomic mass is 10.2. The number of fused-ring (bicyclic) bond motifs is 1. The molecule has 0 aliphatic heterocycles. The van der Waals surface area contributed by atoms with Gasteiger partial charge < -0.3 is 4.74 Å². The Hall–Kier alpha value is -3.08. The van der Waals surface area contributed by atoms with Gasteiger partial charge in [0.25, 0.3) is 0 Å². The fraction of sp³-hybridized carbons (Fsp3) is 0.158. The van der Waals surface area contributed by atoms with E-state index >= 15 is 0 Å². The van der Waals surface area contributed by atoms with Gasteiger partial charge in [0.15, 0.2) is 0 Å². The molecular weight excluding hydrogens is 304 g/mol. The smallest absolute Gasteiger partial charge is 0.228 e. The maximum absolute atomic E-state index is 12.4. The van der Waals surface area contributed by atoms with Gasteiger partial charge in [-0.1, -0.05) is 24.3 Å². The van der Waals surface area contributed by atoms with Crippen LogP contribution in [0.2, 0.25) is 0 Å². The van der Waals surface area contributed by atoms with Crippen molar-refractivity contribution in [2.75, 3.05) is 12.0 Å². The highest BCUT2D eigenvalue weighted by Crippen LogP contribution is 2.35. The van der Waals surface area contributed by atoms with E-state index in [4.69, 9.17) is 4.74 Å². The largest absolute Gasteiger partial charge is 0.497 e. The van der Waals surface area contributed by atoms with Crippen molar-refractivity contribution in [1.82, 2.24) is 4.57 Å². The highest BCUT2D eigenvalue weighted by atomic mass is 16.5. The van der Waals surface area contributed by atoms with Crippen LogP contribution in [0.3, 0.4) is 0 Å². The monoisotopic (exact) mass is 322 g/mol. The number of rotatable bonds is 3. The number of nitrogens with zero attached hydrogens (tertiary/aromatic N) is 2. The average Bonchev–Trinajstić information content (AvgIpc) is 2.95. The molecule has 0 spiro atoms. The Morgan fingerprint density at radius 3 is 2.46 bits per heavy atom. The summed E-state index contributed by atoms with van der Waals surface area (Å²) in [5.74, 6) is 0.412. The van der Waals surface area contributed by atoms with Gasteiger partial charge in [0, 0.05) is 31.5 Å². The maximum Gasteiger partial charge on any atom is 0.228 e. The number of para-hydroxylation sites is 1. The van der Waals surface area contributed by atoms with Crippen molar-refractivity contribution in [1.29, 1.82) is 0 Å². The highest BCUT2D eigenvalue weighted by Gasteiger charge is 2.21. The summed E-state index contributed by atoms with van der Waals surface area (Å²) in [6.07, 6.45) is 1.70. The van der Waals surface area contributed by atoms with Gasteiger partial charge in [-0.15, -0.1) is 0 Å². The van der Waals surface area contributed by atoms with Crippen LogP contribution in [0.25, 0.3) is 10.9 Å². The molecule has 0 saturated carbocycles. The molecule has 5 nitrogen and oxygen atoms in total. The Bertz CT molecular complexity index is 927. The van der Waals surface area contributed by atoms with E-state index < -0.39 is 0 Å². The van der Waals surface area contributed by atoms with E-state index in [-0.39, 0.29) is 11.8 Å². The molecule has 1 heterocycles. The van der Waals surface area contributed by atoms with Crippen molar-refractivity contribution < 1.29 is 14.3 Å². The second kappa shape index (κ2) is 6.20. The van der Waals surface area contributed by atoms with Gasteiger partial charge in [-0.3, -0.25) is 19.1 Å². The zero-order chi connectivity index (χ0) is 17.3. The number of hydrogen-bond acceptors (Lipinski definition) is 3. The minimum atomic E-state index is -0.144. The fourth-order valence-corrected chi connectivity index (χ4v) is 2.84. The molecule has 1 amide bonds. The summed E-state index contributed by atoms with van der Waals surface area (Å²) in [4.78, 5) is 25.9. The molecule has 0 N–H and O–H groups in total. The summed E-state index contributed by atoms with van der Waals surface area (Å²) >= 11 is 0. The second-order valence-electron chi connectivity index (χ2n) is 5.48. The number of ether oxygens (including phenoxy) is 1. The molecule has 0 saturated heterocycles. The Kier molecular flexibility index (Phi) is 4.08. The first-order valence-electron chi connectivity index (χ1n) is 7.58. The predicted molar refractivity (Wildman–Crippen MR) is 94.1 cm³/mol. The third-order valence-corrected chi connectivity index (χ3v) is 3.90. The summed E-state index contributed by atoms with van der Waals surface area (Å²) in [7, 11) is 1.58. The van der Waals surface area contributed by atoms with Crippen LogP contribution in [0.4, 0.5) is 11.4 Å². The summed E-state index contributed by atoms with van der Waals surface area (Å²) < 4.78 is 6.81. The zero-order valence-electron chi connectivity index (χ0n) is 13.8. The molecule has 0 bridgehead atoms. The van der Waals surface area contributed by atoms with E-state index in [1.165, 1.54) is 13.8 Å². The van der Waals surface area contributed by atoms with Gasteiger partial charge in [-0.25, -0.2) is 0 Å². The summed E-state index contributed by atoms with van der Waals surface area (Å²) in [5, 5.41) is 0.839. The van der Waals surface area contributed by atoms with E-state index in [0.717, 1.165) is 10.9 Å². The molecule has 0 unspecified atom stereocenters. The van der Waals surface area contributed by atoms with Crippen molar-refractivity contribution >= 4 is 34.1 Å².